The van der Waals surface area contributed by atoms with E-state index in [1.165, 1.54) is 19.3 Å². The molecule has 3 aromatic heterocycles. The van der Waals surface area contributed by atoms with Gasteiger partial charge in [0.1, 0.15) is 0 Å². The van der Waals surface area contributed by atoms with Crippen LogP contribution < -0.4 is 14.7 Å². The van der Waals surface area contributed by atoms with Crippen molar-refractivity contribution in [2.45, 2.75) is 44.1 Å². The lowest BCUT2D eigenvalue weighted by atomic mass is 9.53. The fourth-order valence-corrected chi connectivity index (χ4v) is 6.57. The second kappa shape index (κ2) is 5.90. The number of fused-ring (bicyclic) bond motifs is 1. The van der Waals surface area contributed by atoms with Crippen LogP contribution in [-0.2, 0) is 0 Å². The monoisotopic (exact) mass is 374 g/mol. The number of carbonyl (C=O) groups excluding carboxylic acids is 1. The molecule has 4 bridgehead atoms. The van der Waals surface area contributed by atoms with Crippen LogP contribution in [0, 0.1) is 17.8 Å². The SMILES string of the molecule is O=C(NC12CC3CC(CC(C3)C1)C2)c1[nH]c(-c2cccc[nH+]2)c2cccc[n+]12. The molecule has 4 saturated carbocycles. The van der Waals surface area contributed by atoms with E-state index in [-0.39, 0.29) is 11.4 Å². The molecule has 4 fully saturated rings. The molecule has 3 heterocycles. The van der Waals surface area contributed by atoms with Crippen molar-refractivity contribution in [3.63, 3.8) is 0 Å². The lowest BCUT2D eigenvalue weighted by Crippen LogP contribution is -2.60. The van der Waals surface area contributed by atoms with Gasteiger partial charge in [-0.3, -0.25) is 4.79 Å². The van der Waals surface area contributed by atoms with E-state index in [0.29, 0.717) is 5.82 Å². The van der Waals surface area contributed by atoms with E-state index in [2.05, 4.69) is 15.3 Å². The number of carbonyl (C=O) groups is 1. The molecule has 0 radical (unpaired) electrons. The fraction of sp³-hybridized carbons (Fsp3) is 0.435. The van der Waals surface area contributed by atoms with E-state index in [1.54, 1.807) is 0 Å². The maximum absolute atomic E-state index is 13.4. The summed E-state index contributed by atoms with van der Waals surface area (Å²) in [7, 11) is 0. The number of rotatable bonds is 3. The van der Waals surface area contributed by atoms with Crippen molar-refractivity contribution in [2.75, 3.05) is 0 Å². The fourth-order valence-electron chi connectivity index (χ4n) is 6.57. The first-order valence-corrected chi connectivity index (χ1v) is 10.5. The Morgan fingerprint density at radius 2 is 1.75 bits per heavy atom. The molecular formula is C23H26N4O+2. The van der Waals surface area contributed by atoms with Gasteiger partial charge in [0.2, 0.25) is 5.69 Å². The Morgan fingerprint density at radius 3 is 2.43 bits per heavy atom. The van der Waals surface area contributed by atoms with Gasteiger partial charge in [0.15, 0.2) is 11.7 Å². The summed E-state index contributed by atoms with van der Waals surface area (Å²) in [5.74, 6) is 3.07. The van der Waals surface area contributed by atoms with Crippen molar-refractivity contribution in [1.29, 1.82) is 0 Å². The maximum atomic E-state index is 13.4. The molecule has 7 rings (SSSR count). The van der Waals surface area contributed by atoms with Crippen molar-refractivity contribution >= 4 is 11.4 Å². The topological polar surface area (TPSA) is 63.1 Å². The van der Waals surface area contributed by atoms with Gasteiger partial charge in [0.25, 0.3) is 5.69 Å². The summed E-state index contributed by atoms with van der Waals surface area (Å²) in [5, 5.41) is 3.50. The van der Waals surface area contributed by atoms with Crippen molar-refractivity contribution < 1.29 is 14.2 Å². The molecule has 0 unspecified atom stereocenters. The highest BCUT2D eigenvalue weighted by atomic mass is 16.2. The molecule has 142 valence electrons. The summed E-state index contributed by atoms with van der Waals surface area (Å²) in [6.45, 7) is 0. The van der Waals surface area contributed by atoms with Gasteiger partial charge in [0, 0.05) is 17.7 Å². The largest absolute Gasteiger partial charge is 0.351 e. The van der Waals surface area contributed by atoms with Crippen molar-refractivity contribution in [3.05, 3.63) is 54.6 Å². The molecule has 0 aromatic carbocycles. The Bertz CT molecular complexity index is 1020. The second-order valence-corrected chi connectivity index (χ2v) is 9.23. The number of amides is 1. The Morgan fingerprint density at radius 1 is 1.04 bits per heavy atom. The van der Waals surface area contributed by atoms with E-state index < -0.39 is 0 Å². The predicted octanol–water partition coefficient (Wildman–Crippen LogP) is 2.93. The van der Waals surface area contributed by atoms with Crippen LogP contribution in [0.3, 0.4) is 0 Å². The first-order valence-electron chi connectivity index (χ1n) is 10.5. The van der Waals surface area contributed by atoms with Crippen molar-refractivity contribution in [1.82, 2.24) is 10.3 Å². The first-order chi connectivity index (χ1) is 13.7. The average Bonchev–Trinajstić information content (AvgIpc) is 3.07. The molecule has 0 atom stereocenters. The molecule has 5 heteroatoms. The van der Waals surface area contributed by atoms with Gasteiger partial charge < -0.3 is 5.32 Å². The number of aromatic amines is 2. The summed E-state index contributed by atoms with van der Waals surface area (Å²) in [6, 6.07) is 12.0. The third-order valence-electron chi connectivity index (χ3n) is 7.21. The Hall–Kier alpha value is -2.69. The van der Waals surface area contributed by atoms with E-state index in [0.717, 1.165) is 53.9 Å². The van der Waals surface area contributed by atoms with Crippen molar-refractivity contribution in [3.8, 4) is 11.4 Å². The van der Waals surface area contributed by atoms with Crippen LogP contribution in [0.25, 0.3) is 16.9 Å². The van der Waals surface area contributed by atoms with Crippen LogP contribution in [0.15, 0.2) is 48.8 Å². The van der Waals surface area contributed by atoms with Gasteiger partial charge in [-0.25, -0.2) is 9.97 Å². The lowest BCUT2D eigenvalue weighted by molar-refractivity contribution is -0.514. The van der Waals surface area contributed by atoms with Crippen LogP contribution in [-0.4, -0.2) is 16.4 Å². The maximum Gasteiger partial charge on any atom is 0.351 e. The number of aromatic nitrogens is 3. The summed E-state index contributed by atoms with van der Waals surface area (Å²) < 4.78 is 1.98. The lowest BCUT2D eigenvalue weighted by Gasteiger charge is -2.56. The highest BCUT2D eigenvalue weighted by Gasteiger charge is 2.52. The number of nitrogens with zero attached hydrogens (tertiary/aromatic N) is 1. The minimum Gasteiger partial charge on any atom is -0.340 e. The van der Waals surface area contributed by atoms with Crippen LogP contribution in [0.5, 0.6) is 0 Å². The minimum atomic E-state index is 0.0115. The molecule has 0 saturated heterocycles. The van der Waals surface area contributed by atoms with Crippen LogP contribution in [0.4, 0.5) is 0 Å². The molecule has 3 aromatic rings. The molecule has 1 amide bonds. The molecule has 5 nitrogen and oxygen atoms in total. The number of hydrogen-bond donors (Lipinski definition) is 2. The summed E-state index contributed by atoms with van der Waals surface area (Å²) in [4.78, 5) is 20.1. The van der Waals surface area contributed by atoms with Crippen molar-refractivity contribution in [2.24, 2.45) is 17.8 Å². The van der Waals surface area contributed by atoms with Gasteiger partial charge in [-0.05, 0) is 74.5 Å². The van der Waals surface area contributed by atoms with Gasteiger partial charge in [0.05, 0.1) is 6.20 Å². The Labute approximate surface area is 164 Å². The molecule has 0 aliphatic heterocycles. The first kappa shape index (κ1) is 16.3. The number of imidazole rings is 1. The van der Waals surface area contributed by atoms with Crippen LogP contribution >= 0.6 is 0 Å². The van der Waals surface area contributed by atoms with E-state index in [1.807, 2.05) is 53.2 Å². The predicted molar refractivity (Wildman–Crippen MR) is 104 cm³/mol. The minimum absolute atomic E-state index is 0.0115. The van der Waals surface area contributed by atoms with Gasteiger partial charge in [-0.1, -0.05) is 6.07 Å². The molecule has 0 spiro atoms. The third-order valence-corrected chi connectivity index (χ3v) is 7.21. The quantitative estimate of drug-likeness (QED) is 0.680. The highest BCUT2D eigenvalue weighted by molar-refractivity contribution is 5.91. The standard InChI is InChI=1S/C23H24N4O/c28-22(26-23-12-15-9-16(13-23)11-17(10-15)14-23)21-25-20(18-5-1-3-7-24-18)19-6-2-4-8-27(19)21/h1-8,15-17H,9-14H2,(H,26,28)/p+2. The summed E-state index contributed by atoms with van der Waals surface area (Å²) in [5.41, 5.74) is 2.93. The smallest absolute Gasteiger partial charge is 0.340 e. The molecule has 3 N–H and O–H groups in total. The van der Waals surface area contributed by atoms with E-state index in [9.17, 15) is 4.79 Å². The molecular weight excluding hydrogens is 348 g/mol. The van der Waals surface area contributed by atoms with Crippen LogP contribution in [0.1, 0.15) is 49.1 Å². The molecule has 4 aliphatic carbocycles. The number of H-pyrrole nitrogens is 2. The number of hydrogen-bond acceptors (Lipinski definition) is 1. The normalized spacial score (nSPS) is 30.6. The molecule has 4 aliphatic rings. The summed E-state index contributed by atoms with van der Waals surface area (Å²) >= 11 is 0. The van der Waals surface area contributed by atoms with E-state index in [4.69, 9.17) is 0 Å². The zero-order valence-corrected chi connectivity index (χ0v) is 15.9. The van der Waals surface area contributed by atoms with Crippen LogP contribution in [0.2, 0.25) is 0 Å². The number of pyridine rings is 2. The second-order valence-electron chi connectivity index (χ2n) is 9.23. The van der Waals surface area contributed by atoms with E-state index >= 15 is 0 Å². The third kappa shape index (κ3) is 2.49. The summed E-state index contributed by atoms with van der Waals surface area (Å²) in [6.07, 6.45) is 11.5. The van der Waals surface area contributed by atoms with Gasteiger partial charge in [-0.2, -0.15) is 4.40 Å². The van der Waals surface area contributed by atoms with Gasteiger partial charge in [-0.15, -0.1) is 0 Å². The average molecular weight is 374 g/mol. The number of nitrogens with one attached hydrogen (secondary N) is 3. The Kier molecular flexibility index (Phi) is 3.43. The molecule has 28 heavy (non-hydrogen) atoms. The highest BCUT2D eigenvalue weighted by Crippen LogP contribution is 2.55. The van der Waals surface area contributed by atoms with Gasteiger partial charge >= 0.3 is 11.7 Å². The zero-order valence-electron chi connectivity index (χ0n) is 15.9. The Balaban J connectivity index is 1.38. The zero-order chi connectivity index (χ0) is 18.7.